The minimum absolute atomic E-state index is 0.0823. The quantitative estimate of drug-likeness (QED) is 0.506. The van der Waals surface area contributed by atoms with Gasteiger partial charge in [0.2, 0.25) is 11.8 Å². The van der Waals surface area contributed by atoms with Gasteiger partial charge in [-0.1, -0.05) is 0 Å². The fourth-order valence-electron chi connectivity index (χ4n) is 3.71. The van der Waals surface area contributed by atoms with Crippen molar-refractivity contribution in [1.82, 2.24) is 15.3 Å². The van der Waals surface area contributed by atoms with Crippen LogP contribution >= 0.6 is 11.8 Å². The minimum atomic E-state index is -0.529. The van der Waals surface area contributed by atoms with Gasteiger partial charge in [-0.25, -0.2) is 9.78 Å². The number of aromatic nitrogens is 2. The highest BCUT2D eigenvalue weighted by Crippen LogP contribution is 2.35. The highest BCUT2D eigenvalue weighted by atomic mass is 32.2. The maximum atomic E-state index is 12.4. The molecule has 2 N–H and O–H groups in total. The number of cyclic esters (lactones) is 1. The molecule has 2 aromatic heterocycles. The number of carbonyl (C=O) groups is 3. The van der Waals surface area contributed by atoms with E-state index in [1.807, 2.05) is 6.07 Å². The van der Waals surface area contributed by atoms with Crippen molar-refractivity contribution >= 4 is 52.1 Å². The van der Waals surface area contributed by atoms with Crippen LogP contribution in [0.1, 0.15) is 0 Å². The van der Waals surface area contributed by atoms with Crippen molar-refractivity contribution in [3.63, 3.8) is 0 Å². The predicted molar refractivity (Wildman–Crippen MR) is 128 cm³/mol. The maximum absolute atomic E-state index is 12.4. The predicted octanol–water partition coefficient (Wildman–Crippen LogP) is 2.20. The van der Waals surface area contributed by atoms with Crippen molar-refractivity contribution in [2.24, 2.45) is 0 Å². The third-order valence-corrected chi connectivity index (χ3v) is 6.47. The van der Waals surface area contributed by atoms with Crippen molar-refractivity contribution in [2.45, 2.75) is 11.0 Å². The number of rotatable bonds is 7. The van der Waals surface area contributed by atoms with Crippen LogP contribution in [0.15, 0.2) is 47.5 Å². The smallest absolute Gasteiger partial charge is 0.414 e. The van der Waals surface area contributed by atoms with Crippen LogP contribution in [0.3, 0.4) is 0 Å². The van der Waals surface area contributed by atoms with Gasteiger partial charge in [0.25, 0.3) is 5.91 Å². The maximum Gasteiger partial charge on any atom is 0.414 e. The number of benzene rings is 1. The lowest BCUT2D eigenvalue weighted by atomic mass is 10.2. The Morgan fingerprint density at radius 3 is 3.03 bits per heavy atom. The first-order valence-corrected chi connectivity index (χ1v) is 11.7. The molecule has 0 radical (unpaired) electrons. The summed E-state index contributed by atoms with van der Waals surface area (Å²) >= 11 is 1.45. The van der Waals surface area contributed by atoms with Crippen LogP contribution in [0.2, 0.25) is 0 Å². The summed E-state index contributed by atoms with van der Waals surface area (Å²) in [6, 6.07) is 10.5. The van der Waals surface area contributed by atoms with Crippen molar-refractivity contribution < 1.29 is 28.6 Å². The summed E-state index contributed by atoms with van der Waals surface area (Å²) in [6.45, 7) is 0.147. The second-order valence-corrected chi connectivity index (χ2v) is 8.77. The summed E-state index contributed by atoms with van der Waals surface area (Å²) < 4.78 is 16.2. The summed E-state index contributed by atoms with van der Waals surface area (Å²) in [5.41, 5.74) is 2.38. The van der Waals surface area contributed by atoms with Gasteiger partial charge in [-0.05, 0) is 24.3 Å². The molecule has 0 bridgehead atoms. The van der Waals surface area contributed by atoms with Gasteiger partial charge >= 0.3 is 6.09 Å². The lowest BCUT2D eigenvalue weighted by molar-refractivity contribution is -0.123. The topological polar surface area (TPSA) is 132 Å². The summed E-state index contributed by atoms with van der Waals surface area (Å²) in [5.74, 6) is 0.723. The zero-order chi connectivity index (χ0) is 24.4. The molecule has 1 aromatic carbocycles. The van der Waals surface area contributed by atoms with Gasteiger partial charge in [0.15, 0.2) is 6.61 Å². The number of anilines is 2. The van der Waals surface area contributed by atoms with Gasteiger partial charge in [0, 0.05) is 28.9 Å². The highest BCUT2D eigenvalue weighted by molar-refractivity contribution is 8.00. The van der Waals surface area contributed by atoms with E-state index >= 15 is 0 Å². The Balaban J connectivity index is 1.16. The standard InChI is InChI=1S/C23H21N5O6S/c1-32-21-5-3-15-22(27-21)17(6-7-24-15)33-11-19(29)25-9-14-10-28(23(31)34-14)13-2-4-18-16(8-13)26-20(30)12-35-18/h2-8,14H,9-12H2,1H3,(H,25,29)(H,26,30). The second-order valence-electron chi connectivity index (χ2n) is 7.76. The Morgan fingerprint density at radius 2 is 2.17 bits per heavy atom. The Hall–Kier alpha value is -4.06. The number of carbonyl (C=O) groups excluding carboxylic acids is 3. The molecule has 1 saturated heterocycles. The Morgan fingerprint density at radius 1 is 1.29 bits per heavy atom. The van der Waals surface area contributed by atoms with Crippen molar-refractivity contribution in [1.29, 1.82) is 0 Å². The minimum Gasteiger partial charge on any atom is -0.481 e. The van der Waals surface area contributed by atoms with Crippen molar-refractivity contribution in [3.05, 3.63) is 42.6 Å². The summed E-state index contributed by atoms with van der Waals surface area (Å²) in [5, 5.41) is 5.53. The van der Waals surface area contributed by atoms with Gasteiger partial charge in [-0.3, -0.25) is 19.5 Å². The van der Waals surface area contributed by atoms with Crippen LogP contribution in [-0.4, -0.2) is 66.5 Å². The van der Waals surface area contributed by atoms with Crippen LogP contribution in [0.4, 0.5) is 16.2 Å². The number of nitrogens with one attached hydrogen (secondary N) is 2. The molecule has 180 valence electrons. The number of fused-ring (bicyclic) bond motifs is 2. The Kier molecular flexibility index (Phi) is 6.27. The third kappa shape index (κ3) is 4.92. The number of thioether (sulfide) groups is 1. The molecular formula is C23H21N5O6S. The molecule has 12 heteroatoms. The van der Waals surface area contributed by atoms with E-state index in [1.54, 1.807) is 36.5 Å². The van der Waals surface area contributed by atoms with Crippen LogP contribution in [0.5, 0.6) is 11.6 Å². The fourth-order valence-corrected chi connectivity index (χ4v) is 4.50. The lowest BCUT2D eigenvalue weighted by Gasteiger charge is -2.20. The molecule has 2 aliphatic heterocycles. The van der Waals surface area contributed by atoms with E-state index in [0.29, 0.717) is 39.8 Å². The van der Waals surface area contributed by atoms with Crippen LogP contribution < -0.4 is 25.0 Å². The summed E-state index contributed by atoms with van der Waals surface area (Å²) in [7, 11) is 1.51. The molecule has 3 amide bonds. The van der Waals surface area contributed by atoms with Gasteiger partial charge in [0.1, 0.15) is 17.4 Å². The summed E-state index contributed by atoms with van der Waals surface area (Å²) in [4.78, 5) is 47.4. The molecule has 2 aliphatic rings. The number of ether oxygens (including phenoxy) is 3. The molecule has 3 aromatic rings. The van der Waals surface area contributed by atoms with E-state index in [2.05, 4.69) is 20.6 Å². The Labute approximate surface area is 204 Å². The number of methoxy groups -OCH3 is 1. The van der Waals surface area contributed by atoms with E-state index in [4.69, 9.17) is 14.2 Å². The first-order chi connectivity index (χ1) is 17.0. The average molecular weight is 496 g/mol. The molecule has 1 fully saturated rings. The largest absolute Gasteiger partial charge is 0.481 e. The SMILES string of the molecule is COc1ccc2nccc(OCC(=O)NCC3CN(c4ccc5c(c4)NC(=O)CS5)C(=O)O3)c2n1. The fraction of sp³-hybridized carbons (Fsp3) is 0.261. The highest BCUT2D eigenvalue weighted by Gasteiger charge is 2.33. The number of nitrogens with zero attached hydrogens (tertiary/aromatic N) is 3. The number of pyridine rings is 2. The molecule has 5 rings (SSSR count). The number of hydrogen-bond donors (Lipinski definition) is 2. The zero-order valence-corrected chi connectivity index (χ0v) is 19.5. The second kappa shape index (κ2) is 9.66. The van der Waals surface area contributed by atoms with E-state index in [1.165, 1.54) is 23.8 Å². The molecule has 0 saturated carbocycles. The van der Waals surface area contributed by atoms with E-state index < -0.39 is 12.2 Å². The van der Waals surface area contributed by atoms with E-state index in [9.17, 15) is 14.4 Å². The molecule has 1 atom stereocenters. The lowest BCUT2D eigenvalue weighted by Crippen LogP contribution is -2.37. The van der Waals surface area contributed by atoms with E-state index in [0.717, 1.165) is 4.90 Å². The first-order valence-electron chi connectivity index (χ1n) is 10.7. The average Bonchev–Trinajstić information content (AvgIpc) is 3.25. The molecule has 11 nitrogen and oxygen atoms in total. The monoisotopic (exact) mass is 495 g/mol. The molecule has 0 spiro atoms. The van der Waals surface area contributed by atoms with Crippen molar-refractivity contribution in [2.75, 3.05) is 42.8 Å². The molecular weight excluding hydrogens is 474 g/mol. The van der Waals surface area contributed by atoms with Crippen molar-refractivity contribution in [3.8, 4) is 11.6 Å². The first kappa shape index (κ1) is 22.7. The number of amides is 3. The normalized spacial score (nSPS) is 16.9. The Bertz CT molecular complexity index is 1320. The zero-order valence-electron chi connectivity index (χ0n) is 18.6. The number of hydrogen-bond acceptors (Lipinski definition) is 9. The summed E-state index contributed by atoms with van der Waals surface area (Å²) in [6.07, 6.45) is 0.527. The van der Waals surface area contributed by atoms with Gasteiger partial charge in [-0.15, -0.1) is 11.8 Å². The van der Waals surface area contributed by atoms with Crippen LogP contribution in [0, 0.1) is 0 Å². The molecule has 1 unspecified atom stereocenters. The molecule has 0 aliphatic carbocycles. The third-order valence-electron chi connectivity index (χ3n) is 5.40. The molecule has 4 heterocycles. The van der Waals surface area contributed by atoms with Crippen LogP contribution in [-0.2, 0) is 14.3 Å². The van der Waals surface area contributed by atoms with Gasteiger partial charge in [0.05, 0.1) is 37.2 Å². The van der Waals surface area contributed by atoms with Gasteiger partial charge in [-0.2, -0.15) is 0 Å². The molecule has 35 heavy (non-hydrogen) atoms. The van der Waals surface area contributed by atoms with Crippen LogP contribution in [0.25, 0.3) is 11.0 Å². The van der Waals surface area contributed by atoms with Gasteiger partial charge < -0.3 is 24.8 Å². The van der Waals surface area contributed by atoms with E-state index in [-0.39, 0.29) is 31.5 Å².